The third-order valence-electron chi connectivity index (χ3n) is 4.39. The van der Waals surface area contributed by atoms with E-state index in [0.29, 0.717) is 23.7 Å². The normalized spacial score (nSPS) is 11.0. The number of benzene rings is 2. The number of rotatable bonds is 9. The van der Waals surface area contributed by atoms with Gasteiger partial charge in [0, 0.05) is 12.2 Å². The molecule has 156 valence electrons. The van der Waals surface area contributed by atoms with Crippen molar-refractivity contribution in [1.82, 2.24) is 15.0 Å². The predicted molar refractivity (Wildman–Crippen MR) is 113 cm³/mol. The maximum absolute atomic E-state index is 12.3. The minimum absolute atomic E-state index is 0.188. The number of carboxylic acid groups (broad SMARTS) is 1. The molecule has 0 aliphatic heterocycles. The molecule has 0 bridgehead atoms. The molecule has 7 nitrogen and oxygen atoms in total. The fourth-order valence-electron chi connectivity index (χ4n) is 2.82. The third-order valence-corrected chi connectivity index (χ3v) is 4.39. The zero-order chi connectivity index (χ0) is 21.3. The van der Waals surface area contributed by atoms with E-state index in [4.69, 9.17) is 4.74 Å². The number of halogens is 1. The molecule has 3 rings (SSSR count). The second kappa shape index (κ2) is 10.2. The number of nitrogens with zero attached hydrogens (tertiary/aromatic N) is 4. The number of anilines is 1. The van der Waals surface area contributed by atoms with Gasteiger partial charge in [-0.05, 0) is 42.3 Å². The second-order valence-corrected chi connectivity index (χ2v) is 6.47. The number of hydrogen-bond acceptors (Lipinski definition) is 4. The lowest BCUT2D eigenvalue weighted by Gasteiger charge is -2.16. The highest BCUT2D eigenvalue weighted by Gasteiger charge is 2.10. The van der Waals surface area contributed by atoms with Crippen LogP contribution in [0.3, 0.4) is 0 Å². The van der Waals surface area contributed by atoms with E-state index in [-0.39, 0.29) is 13.2 Å². The van der Waals surface area contributed by atoms with Gasteiger partial charge in [0.2, 0.25) is 0 Å². The molecule has 0 radical (unpaired) electrons. The van der Waals surface area contributed by atoms with Crippen LogP contribution in [0.4, 0.5) is 14.9 Å². The topological polar surface area (TPSA) is 80.5 Å². The van der Waals surface area contributed by atoms with Crippen LogP contribution < -0.4 is 9.64 Å². The molecule has 0 unspecified atom stereocenters. The van der Waals surface area contributed by atoms with E-state index in [0.717, 1.165) is 11.1 Å². The minimum Gasteiger partial charge on any atom is -0.487 e. The van der Waals surface area contributed by atoms with Crippen molar-refractivity contribution in [3.05, 3.63) is 71.5 Å². The molecule has 1 amide bonds. The van der Waals surface area contributed by atoms with Gasteiger partial charge in [0.05, 0.1) is 12.7 Å². The first-order valence-electron chi connectivity index (χ1n) is 9.55. The number of carbonyl (C=O) groups is 1. The summed E-state index contributed by atoms with van der Waals surface area (Å²) in [6.45, 7) is 2.16. The van der Waals surface area contributed by atoms with E-state index in [2.05, 4.69) is 10.3 Å². The largest absolute Gasteiger partial charge is 0.487 e. The SMILES string of the molecule is CCN(C(=O)O)c1ccc(/C=C/c2ccc(OCc3cn(CCF)nn3)cc2)cc1. The Kier molecular flexibility index (Phi) is 7.15. The Morgan fingerprint density at radius 3 is 2.33 bits per heavy atom. The van der Waals surface area contributed by atoms with Crippen LogP contribution in [0.2, 0.25) is 0 Å². The van der Waals surface area contributed by atoms with Crippen molar-refractivity contribution in [2.75, 3.05) is 18.1 Å². The van der Waals surface area contributed by atoms with Gasteiger partial charge in [-0.15, -0.1) is 5.10 Å². The van der Waals surface area contributed by atoms with E-state index < -0.39 is 12.8 Å². The van der Waals surface area contributed by atoms with Crippen molar-refractivity contribution < 1.29 is 19.0 Å². The summed E-state index contributed by atoms with van der Waals surface area (Å²) in [4.78, 5) is 12.5. The summed E-state index contributed by atoms with van der Waals surface area (Å²) >= 11 is 0. The number of alkyl halides is 1. The van der Waals surface area contributed by atoms with Crippen LogP contribution in [0.5, 0.6) is 5.75 Å². The van der Waals surface area contributed by atoms with E-state index in [1.165, 1.54) is 9.58 Å². The molecule has 30 heavy (non-hydrogen) atoms. The summed E-state index contributed by atoms with van der Waals surface area (Å²) in [5.41, 5.74) is 3.26. The summed E-state index contributed by atoms with van der Waals surface area (Å²) in [6.07, 6.45) is 4.63. The zero-order valence-corrected chi connectivity index (χ0v) is 16.6. The van der Waals surface area contributed by atoms with Crippen LogP contribution >= 0.6 is 0 Å². The average molecular weight is 410 g/mol. The fraction of sp³-hybridized carbons (Fsp3) is 0.227. The van der Waals surface area contributed by atoms with Crippen LogP contribution in [-0.4, -0.2) is 39.4 Å². The molecule has 0 fully saturated rings. The highest BCUT2D eigenvalue weighted by molar-refractivity contribution is 5.86. The molecule has 2 aromatic carbocycles. The number of aromatic nitrogens is 3. The lowest BCUT2D eigenvalue weighted by Crippen LogP contribution is -2.28. The Labute approximate surface area is 174 Å². The Bertz CT molecular complexity index is 984. The lowest BCUT2D eigenvalue weighted by molar-refractivity contribution is 0.202. The van der Waals surface area contributed by atoms with Crippen LogP contribution in [-0.2, 0) is 13.2 Å². The van der Waals surface area contributed by atoms with Gasteiger partial charge in [-0.3, -0.25) is 4.90 Å². The standard InChI is InChI=1S/C22H23FN4O3/c1-2-27(22(28)29)20-9-5-17(6-10-20)3-4-18-7-11-21(12-8-18)30-16-19-15-26(14-13-23)25-24-19/h3-12,15H,2,13-14,16H2,1H3,(H,28,29)/b4-3+. The van der Waals surface area contributed by atoms with Gasteiger partial charge in [-0.1, -0.05) is 41.6 Å². The van der Waals surface area contributed by atoms with E-state index in [1.807, 2.05) is 48.6 Å². The van der Waals surface area contributed by atoms with Crippen molar-refractivity contribution in [3.63, 3.8) is 0 Å². The zero-order valence-electron chi connectivity index (χ0n) is 16.6. The summed E-state index contributed by atoms with van der Waals surface area (Å²) in [7, 11) is 0. The highest BCUT2D eigenvalue weighted by Crippen LogP contribution is 2.18. The summed E-state index contributed by atoms with van der Waals surface area (Å²) in [5, 5.41) is 16.9. The van der Waals surface area contributed by atoms with Gasteiger partial charge >= 0.3 is 6.09 Å². The van der Waals surface area contributed by atoms with Crippen LogP contribution in [0, 0.1) is 0 Å². The van der Waals surface area contributed by atoms with Crippen molar-refractivity contribution in [2.45, 2.75) is 20.1 Å². The average Bonchev–Trinajstić information content (AvgIpc) is 3.20. The van der Waals surface area contributed by atoms with E-state index in [1.54, 1.807) is 25.3 Å². The molecule has 0 spiro atoms. The second-order valence-electron chi connectivity index (χ2n) is 6.47. The molecule has 1 aromatic heterocycles. The first-order chi connectivity index (χ1) is 14.6. The number of amides is 1. The number of hydrogen-bond donors (Lipinski definition) is 1. The van der Waals surface area contributed by atoms with Crippen LogP contribution in [0.15, 0.2) is 54.7 Å². The first kappa shape index (κ1) is 21.0. The Morgan fingerprint density at radius 1 is 1.13 bits per heavy atom. The third kappa shape index (κ3) is 5.66. The molecule has 1 N–H and O–H groups in total. The van der Waals surface area contributed by atoms with Gasteiger partial charge in [-0.2, -0.15) is 0 Å². The first-order valence-corrected chi connectivity index (χ1v) is 9.55. The van der Waals surface area contributed by atoms with Gasteiger partial charge in [-0.25, -0.2) is 13.9 Å². The van der Waals surface area contributed by atoms with Crippen molar-refractivity contribution in [3.8, 4) is 5.75 Å². The van der Waals surface area contributed by atoms with Crippen LogP contribution in [0.25, 0.3) is 12.2 Å². The maximum atomic E-state index is 12.3. The minimum atomic E-state index is -0.965. The monoisotopic (exact) mass is 410 g/mol. The lowest BCUT2D eigenvalue weighted by atomic mass is 10.1. The fourth-order valence-corrected chi connectivity index (χ4v) is 2.82. The quantitative estimate of drug-likeness (QED) is 0.525. The Morgan fingerprint density at radius 2 is 1.77 bits per heavy atom. The van der Waals surface area contributed by atoms with Crippen molar-refractivity contribution in [2.24, 2.45) is 0 Å². The molecular weight excluding hydrogens is 387 g/mol. The van der Waals surface area contributed by atoms with Crippen molar-refractivity contribution in [1.29, 1.82) is 0 Å². The predicted octanol–water partition coefficient (Wildman–Crippen LogP) is 4.50. The van der Waals surface area contributed by atoms with Crippen molar-refractivity contribution >= 4 is 23.9 Å². The molecule has 3 aromatic rings. The van der Waals surface area contributed by atoms with Gasteiger partial charge in [0.1, 0.15) is 24.7 Å². The van der Waals surface area contributed by atoms with E-state index in [9.17, 15) is 14.3 Å². The highest BCUT2D eigenvalue weighted by atomic mass is 19.1. The van der Waals surface area contributed by atoms with Gasteiger partial charge < -0.3 is 9.84 Å². The Hall–Kier alpha value is -3.68. The Balaban J connectivity index is 1.55. The molecule has 8 heteroatoms. The smallest absolute Gasteiger partial charge is 0.411 e. The summed E-state index contributed by atoms with van der Waals surface area (Å²) in [6, 6.07) is 14.9. The summed E-state index contributed by atoms with van der Waals surface area (Å²) in [5.74, 6) is 0.699. The number of ether oxygens (including phenoxy) is 1. The molecule has 0 saturated carbocycles. The molecule has 1 heterocycles. The molecular formula is C22H23FN4O3. The molecule has 0 aliphatic carbocycles. The van der Waals surface area contributed by atoms with Gasteiger partial charge in [0.25, 0.3) is 0 Å². The summed E-state index contributed by atoms with van der Waals surface area (Å²) < 4.78 is 19.4. The molecule has 0 saturated heterocycles. The molecule has 0 atom stereocenters. The van der Waals surface area contributed by atoms with E-state index >= 15 is 0 Å². The molecule has 0 aliphatic rings. The number of aryl methyl sites for hydroxylation is 1. The van der Waals surface area contributed by atoms with Gasteiger partial charge in [0.15, 0.2) is 0 Å². The van der Waals surface area contributed by atoms with Crippen LogP contribution in [0.1, 0.15) is 23.7 Å². The maximum Gasteiger partial charge on any atom is 0.411 e.